The first-order valence-corrected chi connectivity index (χ1v) is 12.5. The molecule has 2 heterocycles. The molecule has 7 nitrogen and oxygen atoms in total. The van der Waals surface area contributed by atoms with Crippen molar-refractivity contribution in [1.29, 1.82) is 0 Å². The Morgan fingerprint density at radius 3 is 2.32 bits per heavy atom. The highest BCUT2D eigenvalue weighted by molar-refractivity contribution is 5.80. The fourth-order valence-electron chi connectivity index (χ4n) is 5.03. The van der Waals surface area contributed by atoms with Crippen molar-refractivity contribution in [1.82, 2.24) is 20.0 Å². The summed E-state index contributed by atoms with van der Waals surface area (Å²) < 4.78 is 5.74. The average molecular weight is 434 g/mol. The maximum absolute atomic E-state index is 12.9. The summed E-state index contributed by atoms with van der Waals surface area (Å²) in [4.78, 5) is 24.5. The van der Waals surface area contributed by atoms with E-state index in [9.17, 15) is 4.79 Å². The molecule has 0 aromatic heterocycles. The van der Waals surface area contributed by atoms with E-state index in [-0.39, 0.29) is 12.1 Å². The molecular formula is C24H43N5O2. The van der Waals surface area contributed by atoms with Gasteiger partial charge in [0.15, 0.2) is 5.96 Å². The van der Waals surface area contributed by atoms with Crippen LogP contribution in [-0.4, -0.2) is 90.8 Å². The van der Waals surface area contributed by atoms with Crippen LogP contribution in [0.25, 0.3) is 0 Å². The van der Waals surface area contributed by atoms with Gasteiger partial charge in [0.2, 0.25) is 0 Å². The molecule has 0 aromatic carbocycles. The van der Waals surface area contributed by atoms with Crippen LogP contribution in [0.3, 0.4) is 0 Å². The van der Waals surface area contributed by atoms with E-state index in [0.717, 1.165) is 56.9 Å². The zero-order valence-electron chi connectivity index (χ0n) is 20.1. The molecule has 4 aliphatic rings. The minimum Gasteiger partial charge on any atom is -0.444 e. The van der Waals surface area contributed by atoms with Gasteiger partial charge in [0.1, 0.15) is 5.60 Å². The predicted octanol–water partition coefficient (Wildman–Crippen LogP) is 3.16. The van der Waals surface area contributed by atoms with Crippen LogP contribution in [0.5, 0.6) is 0 Å². The number of likely N-dealkylation sites (tertiary alicyclic amines) is 2. The highest BCUT2D eigenvalue weighted by Crippen LogP contribution is 2.33. The average Bonchev–Trinajstić information content (AvgIpc) is 3.66. The fourth-order valence-corrected chi connectivity index (χ4v) is 5.03. The SMILES string of the molecule is CN=C(NCC1CCN(C2CC2)C1)N1CCC(N(CC2CC2)C(=O)OC(C)(C)C)CC1. The Morgan fingerprint density at radius 2 is 1.74 bits per heavy atom. The van der Waals surface area contributed by atoms with Crippen molar-refractivity contribution < 1.29 is 9.53 Å². The number of hydrogen-bond donors (Lipinski definition) is 1. The summed E-state index contributed by atoms with van der Waals surface area (Å²) >= 11 is 0. The summed E-state index contributed by atoms with van der Waals surface area (Å²) in [7, 11) is 1.89. The number of carbonyl (C=O) groups is 1. The third kappa shape index (κ3) is 6.50. The van der Waals surface area contributed by atoms with Crippen molar-refractivity contribution in [3.05, 3.63) is 0 Å². The Bertz CT molecular complexity index is 645. The molecule has 2 aliphatic carbocycles. The van der Waals surface area contributed by atoms with Crippen LogP contribution in [0.4, 0.5) is 4.79 Å². The number of aliphatic imine (C=N–C) groups is 1. The first-order chi connectivity index (χ1) is 14.8. The topological polar surface area (TPSA) is 60.4 Å². The molecule has 1 N–H and O–H groups in total. The molecule has 2 aliphatic heterocycles. The number of amides is 1. The molecule has 1 unspecified atom stereocenters. The molecule has 0 radical (unpaired) electrons. The van der Waals surface area contributed by atoms with Gasteiger partial charge in [-0.3, -0.25) is 4.99 Å². The van der Waals surface area contributed by atoms with Gasteiger partial charge in [-0.15, -0.1) is 0 Å². The highest BCUT2D eigenvalue weighted by Gasteiger charge is 2.36. The molecular weight excluding hydrogens is 390 g/mol. The second-order valence-corrected chi connectivity index (χ2v) is 11.1. The number of carbonyl (C=O) groups excluding carboxylic acids is 1. The van der Waals surface area contributed by atoms with Crippen molar-refractivity contribution in [2.24, 2.45) is 16.8 Å². The summed E-state index contributed by atoms with van der Waals surface area (Å²) in [6, 6.07) is 1.15. The fraction of sp³-hybridized carbons (Fsp3) is 0.917. The zero-order chi connectivity index (χ0) is 22.0. The van der Waals surface area contributed by atoms with Gasteiger partial charge in [0.25, 0.3) is 0 Å². The normalized spacial score (nSPS) is 26.3. The predicted molar refractivity (Wildman–Crippen MR) is 124 cm³/mol. The quantitative estimate of drug-likeness (QED) is 0.515. The van der Waals surface area contributed by atoms with Crippen LogP contribution >= 0.6 is 0 Å². The summed E-state index contributed by atoms with van der Waals surface area (Å²) in [6.45, 7) is 12.1. The van der Waals surface area contributed by atoms with Crippen LogP contribution < -0.4 is 5.32 Å². The third-order valence-corrected chi connectivity index (χ3v) is 7.13. The molecule has 4 fully saturated rings. The first-order valence-electron chi connectivity index (χ1n) is 12.5. The maximum atomic E-state index is 12.9. The van der Waals surface area contributed by atoms with Gasteiger partial charge in [-0.25, -0.2) is 4.79 Å². The number of nitrogens with one attached hydrogen (secondary N) is 1. The second kappa shape index (κ2) is 9.55. The lowest BCUT2D eigenvalue weighted by atomic mass is 10.0. The van der Waals surface area contributed by atoms with Crippen LogP contribution in [0.2, 0.25) is 0 Å². The lowest BCUT2D eigenvalue weighted by Crippen LogP contribution is -2.53. The van der Waals surface area contributed by atoms with Gasteiger partial charge < -0.3 is 24.8 Å². The largest absolute Gasteiger partial charge is 0.444 e. The molecule has 1 atom stereocenters. The standard InChI is InChI=1S/C24H43N5O2/c1-24(2,3)31-23(30)29(17-18-5-6-18)21-10-13-27(14-11-21)22(25-4)26-15-19-9-12-28(16-19)20-7-8-20/h18-21H,5-17H2,1-4H3,(H,25,26). The number of piperidine rings is 1. The van der Waals surface area contributed by atoms with Crippen molar-refractivity contribution in [2.75, 3.05) is 46.3 Å². The molecule has 1 amide bonds. The number of guanidine groups is 1. The van der Waals surface area contributed by atoms with Gasteiger partial charge >= 0.3 is 6.09 Å². The molecule has 4 rings (SSSR count). The molecule has 7 heteroatoms. The van der Waals surface area contributed by atoms with Gasteiger partial charge in [-0.2, -0.15) is 0 Å². The van der Waals surface area contributed by atoms with Crippen LogP contribution in [0.1, 0.15) is 65.7 Å². The first kappa shape index (κ1) is 22.7. The Balaban J connectivity index is 1.25. The molecule has 31 heavy (non-hydrogen) atoms. The summed E-state index contributed by atoms with van der Waals surface area (Å²) in [5.74, 6) is 2.42. The van der Waals surface area contributed by atoms with E-state index < -0.39 is 5.60 Å². The van der Waals surface area contributed by atoms with Crippen LogP contribution in [-0.2, 0) is 4.74 Å². The van der Waals surface area contributed by atoms with E-state index in [2.05, 4.69) is 20.1 Å². The summed E-state index contributed by atoms with van der Waals surface area (Å²) in [5.41, 5.74) is -0.444. The second-order valence-electron chi connectivity index (χ2n) is 11.1. The van der Waals surface area contributed by atoms with E-state index in [1.54, 1.807) is 0 Å². The van der Waals surface area contributed by atoms with Crippen molar-refractivity contribution in [3.63, 3.8) is 0 Å². The molecule has 0 aromatic rings. The Hall–Kier alpha value is -1.50. The van der Waals surface area contributed by atoms with Crippen molar-refractivity contribution in [2.45, 2.75) is 83.4 Å². The van der Waals surface area contributed by atoms with Crippen molar-refractivity contribution >= 4 is 12.1 Å². The zero-order valence-corrected chi connectivity index (χ0v) is 20.1. The number of hydrogen-bond acceptors (Lipinski definition) is 4. The Labute approximate surface area is 188 Å². The third-order valence-electron chi connectivity index (χ3n) is 7.13. The number of rotatable bonds is 6. The molecule has 2 saturated heterocycles. The highest BCUT2D eigenvalue weighted by atomic mass is 16.6. The van der Waals surface area contributed by atoms with E-state index >= 15 is 0 Å². The van der Waals surface area contributed by atoms with Crippen LogP contribution in [0, 0.1) is 11.8 Å². The van der Waals surface area contributed by atoms with Crippen molar-refractivity contribution in [3.8, 4) is 0 Å². The van der Waals surface area contributed by atoms with Gasteiger partial charge in [-0.1, -0.05) is 0 Å². The molecule has 176 valence electrons. The maximum Gasteiger partial charge on any atom is 0.410 e. The lowest BCUT2D eigenvalue weighted by molar-refractivity contribution is 0.00928. The van der Waals surface area contributed by atoms with Crippen LogP contribution in [0.15, 0.2) is 4.99 Å². The smallest absolute Gasteiger partial charge is 0.410 e. The molecule has 2 saturated carbocycles. The van der Waals surface area contributed by atoms with E-state index in [0.29, 0.717) is 5.92 Å². The monoisotopic (exact) mass is 433 g/mol. The number of nitrogens with zero attached hydrogens (tertiary/aromatic N) is 4. The van der Waals surface area contributed by atoms with Gasteiger partial charge in [0, 0.05) is 51.9 Å². The number of ether oxygens (including phenoxy) is 1. The van der Waals surface area contributed by atoms with Gasteiger partial charge in [-0.05, 0) is 84.1 Å². The Morgan fingerprint density at radius 1 is 1.03 bits per heavy atom. The minimum absolute atomic E-state index is 0.137. The molecule has 0 spiro atoms. The molecule has 0 bridgehead atoms. The summed E-state index contributed by atoms with van der Waals surface area (Å²) in [5, 5.41) is 3.65. The lowest BCUT2D eigenvalue weighted by Gasteiger charge is -2.40. The van der Waals surface area contributed by atoms with E-state index in [4.69, 9.17) is 4.74 Å². The minimum atomic E-state index is -0.444. The van der Waals surface area contributed by atoms with E-state index in [1.807, 2.05) is 32.7 Å². The van der Waals surface area contributed by atoms with Gasteiger partial charge in [0.05, 0.1) is 0 Å². The summed E-state index contributed by atoms with van der Waals surface area (Å²) in [6.07, 6.45) is 8.41. The van der Waals surface area contributed by atoms with E-state index in [1.165, 1.54) is 45.2 Å². The Kier molecular flexibility index (Phi) is 6.99.